The summed E-state index contributed by atoms with van der Waals surface area (Å²) in [6.07, 6.45) is 2.41. The minimum absolute atomic E-state index is 0.153. The molecular weight excluding hydrogens is 280 g/mol. The molecule has 0 saturated heterocycles. The highest BCUT2D eigenvalue weighted by atomic mass is 127. The van der Waals surface area contributed by atoms with Crippen LogP contribution in [0.2, 0.25) is 0 Å². The normalized spacial score (nSPS) is 12.5. The molecule has 13 heavy (non-hydrogen) atoms. The summed E-state index contributed by atoms with van der Waals surface area (Å²) in [6, 6.07) is 4.50. The van der Waals surface area contributed by atoms with Crippen LogP contribution in [0.3, 0.4) is 0 Å². The zero-order chi connectivity index (χ0) is 9.84. The van der Waals surface area contributed by atoms with Gasteiger partial charge < -0.3 is 5.73 Å². The minimum Gasteiger partial charge on any atom is -0.324 e. The van der Waals surface area contributed by atoms with E-state index in [1.54, 1.807) is 12.1 Å². The standard InChI is InChI=1S/C10H11FIN/c1-2-3-10(13)8-6-7(11)4-5-9(8)12/h2,4-6,10H,1,3,13H2/t10-/m1/s1. The Morgan fingerprint density at radius 3 is 2.92 bits per heavy atom. The molecule has 0 aromatic heterocycles. The summed E-state index contributed by atoms with van der Waals surface area (Å²) in [4.78, 5) is 0. The summed E-state index contributed by atoms with van der Waals surface area (Å²) < 4.78 is 13.9. The number of hydrogen-bond donors (Lipinski definition) is 1. The molecule has 0 saturated carbocycles. The molecular formula is C10H11FIN. The van der Waals surface area contributed by atoms with Gasteiger partial charge in [0.15, 0.2) is 0 Å². The Morgan fingerprint density at radius 1 is 1.62 bits per heavy atom. The third-order valence-corrected chi connectivity index (χ3v) is 2.76. The van der Waals surface area contributed by atoms with E-state index in [9.17, 15) is 4.39 Å². The van der Waals surface area contributed by atoms with Crippen LogP contribution in [0.5, 0.6) is 0 Å². The van der Waals surface area contributed by atoms with Crippen molar-refractivity contribution in [1.82, 2.24) is 0 Å². The summed E-state index contributed by atoms with van der Waals surface area (Å²) in [6.45, 7) is 3.60. The largest absolute Gasteiger partial charge is 0.324 e. The molecule has 1 aromatic carbocycles. The molecule has 0 spiro atoms. The molecule has 2 N–H and O–H groups in total. The molecule has 0 fully saturated rings. The van der Waals surface area contributed by atoms with E-state index >= 15 is 0 Å². The first-order chi connectivity index (χ1) is 6.15. The summed E-state index contributed by atoms with van der Waals surface area (Å²) in [5.74, 6) is -0.241. The van der Waals surface area contributed by atoms with Gasteiger partial charge in [0.05, 0.1) is 0 Å². The monoisotopic (exact) mass is 291 g/mol. The van der Waals surface area contributed by atoms with E-state index < -0.39 is 0 Å². The Kier molecular flexibility index (Phi) is 3.87. The molecule has 0 heterocycles. The van der Waals surface area contributed by atoms with Crippen LogP contribution in [-0.4, -0.2) is 0 Å². The quantitative estimate of drug-likeness (QED) is 0.672. The number of rotatable bonds is 3. The van der Waals surface area contributed by atoms with Crippen molar-refractivity contribution in [2.75, 3.05) is 0 Å². The van der Waals surface area contributed by atoms with Crippen LogP contribution in [0.15, 0.2) is 30.9 Å². The number of benzene rings is 1. The van der Waals surface area contributed by atoms with E-state index in [0.717, 1.165) is 9.13 Å². The summed E-state index contributed by atoms with van der Waals surface area (Å²) >= 11 is 2.15. The first-order valence-electron chi connectivity index (χ1n) is 3.96. The van der Waals surface area contributed by atoms with Gasteiger partial charge in [-0.1, -0.05) is 6.08 Å². The lowest BCUT2D eigenvalue weighted by Crippen LogP contribution is -2.10. The minimum atomic E-state index is -0.241. The van der Waals surface area contributed by atoms with Crippen molar-refractivity contribution in [3.63, 3.8) is 0 Å². The Balaban J connectivity index is 2.97. The van der Waals surface area contributed by atoms with E-state index in [2.05, 4.69) is 29.2 Å². The molecule has 1 rings (SSSR count). The van der Waals surface area contributed by atoms with Gasteiger partial charge >= 0.3 is 0 Å². The van der Waals surface area contributed by atoms with Gasteiger partial charge in [0, 0.05) is 9.61 Å². The lowest BCUT2D eigenvalue weighted by atomic mass is 10.1. The van der Waals surface area contributed by atoms with Gasteiger partial charge in [-0.15, -0.1) is 6.58 Å². The fourth-order valence-electron chi connectivity index (χ4n) is 1.11. The maximum atomic E-state index is 12.9. The average molecular weight is 291 g/mol. The van der Waals surface area contributed by atoms with Gasteiger partial charge in [-0.2, -0.15) is 0 Å². The molecule has 3 heteroatoms. The average Bonchev–Trinajstić information content (AvgIpc) is 2.09. The Bertz CT molecular complexity index is 312. The molecule has 0 aliphatic heterocycles. The Morgan fingerprint density at radius 2 is 2.31 bits per heavy atom. The molecule has 1 aromatic rings. The molecule has 0 unspecified atom stereocenters. The topological polar surface area (TPSA) is 26.0 Å². The van der Waals surface area contributed by atoms with E-state index in [4.69, 9.17) is 5.73 Å². The van der Waals surface area contributed by atoms with Crippen molar-refractivity contribution in [2.24, 2.45) is 5.73 Å². The molecule has 0 aliphatic carbocycles. The van der Waals surface area contributed by atoms with Gasteiger partial charge in [0.25, 0.3) is 0 Å². The van der Waals surface area contributed by atoms with Crippen LogP contribution in [0, 0.1) is 9.39 Å². The molecule has 0 aliphatic rings. The van der Waals surface area contributed by atoms with Crippen molar-refractivity contribution in [2.45, 2.75) is 12.5 Å². The van der Waals surface area contributed by atoms with E-state index in [0.29, 0.717) is 6.42 Å². The van der Waals surface area contributed by atoms with E-state index in [1.807, 2.05) is 0 Å². The van der Waals surface area contributed by atoms with Gasteiger partial charge in [-0.25, -0.2) is 4.39 Å². The second kappa shape index (κ2) is 4.72. The van der Waals surface area contributed by atoms with Crippen LogP contribution >= 0.6 is 22.6 Å². The highest BCUT2D eigenvalue weighted by Crippen LogP contribution is 2.21. The van der Waals surface area contributed by atoms with Gasteiger partial charge in [0.2, 0.25) is 0 Å². The number of hydrogen-bond acceptors (Lipinski definition) is 1. The van der Waals surface area contributed by atoms with E-state index in [1.165, 1.54) is 12.1 Å². The third-order valence-electron chi connectivity index (χ3n) is 1.78. The smallest absolute Gasteiger partial charge is 0.123 e. The summed E-state index contributed by atoms with van der Waals surface area (Å²) in [7, 11) is 0. The number of halogens is 2. The van der Waals surface area contributed by atoms with Gasteiger partial charge in [0.1, 0.15) is 5.82 Å². The lowest BCUT2D eigenvalue weighted by molar-refractivity contribution is 0.618. The van der Waals surface area contributed by atoms with Crippen molar-refractivity contribution in [3.05, 3.63) is 45.8 Å². The fraction of sp³-hybridized carbons (Fsp3) is 0.200. The Labute approximate surface area is 91.0 Å². The maximum Gasteiger partial charge on any atom is 0.123 e. The highest BCUT2D eigenvalue weighted by molar-refractivity contribution is 14.1. The molecule has 0 radical (unpaired) electrons. The third kappa shape index (κ3) is 2.77. The fourth-order valence-corrected chi connectivity index (χ4v) is 1.84. The zero-order valence-electron chi connectivity index (χ0n) is 7.13. The highest BCUT2D eigenvalue weighted by Gasteiger charge is 2.08. The van der Waals surface area contributed by atoms with Crippen molar-refractivity contribution in [1.29, 1.82) is 0 Å². The summed E-state index contributed by atoms with van der Waals surface area (Å²) in [5.41, 5.74) is 6.68. The van der Waals surface area contributed by atoms with Crippen LogP contribution < -0.4 is 5.73 Å². The SMILES string of the molecule is C=CC[C@@H](N)c1cc(F)ccc1I. The Hall–Kier alpha value is -0.420. The first kappa shape index (κ1) is 10.7. The van der Waals surface area contributed by atoms with Crippen LogP contribution in [-0.2, 0) is 0 Å². The maximum absolute atomic E-state index is 12.9. The van der Waals surface area contributed by atoms with Crippen molar-refractivity contribution < 1.29 is 4.39 Å². The van der Waals surface area contributed by atoms with Crippen LogP contribution in [0.1, 0.15) is 18.0 Å². The summed E-state index contributed by atoms with van der Waals surface area (Å²) in [5, 5.41) is 0. The predicted octanol–water partition coefficient (Wildman–Crippen LogP) is 3.01. The van der Waals surface area contributed by atoms with E-state index in [-0.39, 0.29) is 11.9 Å². The number of nitrogens with two attached hydrogens (primary N) is 1. The molecule has 0 amide bonds. The first-order valence-corrected chi connectivity index (χ1v) is 5.04. The second-order valence-corrected chi connectivity index (χ2v) is 3.96. The molecule has 1 nitrogen and oxygen atoms in total. The molecule has 70 valence electrons. The van der Waals surface area contributed by atoms with Crippen molar-refractivity contribution >= 4 is 22.6 Å². The lowest BCUT2D eigenvalue weighted by Gasteiger charge is -2.11. The van der Waals surface area contributed by atoms with Crippen molar-refractivity contribution in [3.8, 4) is 0 Å². The van der Waals surface area contributed by atoms with Crippen LogP contribution in [0.4, 0.5) is 4.39 Å². The molecule has 1 atom stereocenters. The predicted molar refractivity (Wildman–Crippen MR) is 60.9 cm³/mol. The van der Waals surface area contributed by atoms with Gasteiger partial charge in [-0.3, -0.25) is 0 Å². The molecule has 0 bridgehead atoms. The van der Waals surface area contributed by atoms with Gasteiger partial charge in [-0.05, 0) is 52.8 Å². The van der Waals surface area contributed by atoms with Crippen LogP contribution in [0.25, 0.3) is 0 Å². The second-order valence-electron chi connectivity index (χ2n) is 2.80. The zero-order valence-corrected chi connectivity index (χ0v) is 9.29.